The van der Waals surface area contributed by atoms with E-state index >= 15 is 0 Å². The van der Waals surface area contributed by atoms with Crippen LogP contribution < -0.4 is 14.2 Å². The van der Waals surface area contributed by atoms with Gasteiger partial charge in [0.2, 0.25) is 10.0 Å². The maximum Gasteiger partial charge on any atom is 0.240 e. The van der Waals surface area contributed by atoms with Crippen molar-refractivity contribution in [3.05, 3.63) is 40.6 Å². The van der Waals surface area contributed by atoms with Crippen molar-refractivity contribution in [2.45, 2.75) is 30.2 Å². The molecule has 0 aliphatic carbocycles. The summed E-state index contributed by atoms with van der Waals surface area (Å²) in [5, 5.41) is 4.14. The van der Waals surface area contributed by atoms with Crippen LogP contribution in [0, 0.1) is 0 Å². The van der Waals surface area contributed by atoms with Crippen molar-refractivity contribution in [2.75, 3.05) is 33.9 Å². The van der Waals surface area contributed by atoms with E-state index in [0.29, 0.717) is 18.0 Å². The number of ether oxygens (including phenoxy) is 2. The van der Waals surface area contributed by atoms with E-state index in [1.54, 1.807) is 17.4 Å². The van der Waals surface area contributed by atoms with Crippen molar-refractivity contribution in [3.63, 3.8) is 0 Å². The van der Waals surface area contributed by atoms with Gasteiger partial charge in [-0.2, -0.15) is 11.3 Å². The third-order valence-electron chi connectivity index (χ3n) is 4.89. The zero-order chi connectivity index (χ0) is 19.3. The fraction of sp³-hybridized carbons (Fsp3) is 0.474. The number of piperidine rings is 1. The van der Waals surface area contributed by atoms with Crippen LogP contribution in [0.25, 0.3) is 0 Å². The summed E-state index contributed by atoms with van der Waals surface area (Å²) in [6.45, 7) is 2.34. The first-order valence-electron chi connectivity index (χ1n) is 9.03. The predicted molar refractivity (Wildman–Crippen MR) is 107 cm³/mol. The Morgan fingerprint density at radius 3 is 2.48 bits per heavy atom. The number of likely N-dealkylation sites (tertiary alicyclic amines) is 1. The van der Waals surface area contributed by atoms with Crippen molar-refractivity contribution in [3.8, 4) is 11.5 Å². The minimum absolute atomic E-state index is 0.0477. The minimum Gasteiger partial charge on any atom is -0.493 e. The van der Waals surface area contributed by atoms with Gasteiger partial charge in [-0.3, -0.25) is 4.90 Å². The lowest BCUT2D eigenvalue weighted by atomic mass is 10.0. The van der Waals surface area contributed by atoms with Crippen molar-refractivity contribution < 1.29 is 17.9 Å². The molecular weight excluding hydrogens is 384 g/mol. The summed E-state index contributed by atoms with van der Waals surface area (Å²) < 4.78 is 38.9. The molecule has 1 saturated heterocycles. The van der Waals surface area contributed by atoms with E-state index in [0.717, 1.165) is 31.5 Å². The number of benzene rings is 1. The number of nitrogens with zero attached hydrogens (tertiary/aromatic N) is 1. The zero-order valence-electron chi connectivity index (χ0n) is 15.7. The van der Waals surface area contributed by atoms with E-state index in [1.165, 1.54) is 32.8 Å². The molecule has 1 aromatic heterocycles. The van der Waals surface area contributed by atoms with Crippen LogP contribution in [-0.4, -0.2) is 47.2 Å². The maximum absolute atomic E-state index is 12.8. The molecule has 0 saturated carbocycles. The van der Waals surface area contributed by atoms with Gasteiger partial charge in [0.25, 0.3) is 0 Å². The molecule has 0 radical (unpaired) electrons. The van der Waals surface area contributed by atoms with Gasteiger partial charge >= 0.3 is 0 Å². The molecule has 1 aliphatic heterocycles. The second-order valence-electron chi connectivity index (χ2n) is 6.54. The van der Waals surface area contributed by atoms with Crippen LogP contribution in [0.1, 0.15) is 30.9 Å². The summed E-state index contributed by atoms with van der Waals surface area (Å²) in [4.78, 5) is 2.55. The second kappa shape index (κ2) is 9.05. The normalized spacial score (nSPS) is 16.8. The quantitative estimate of drug-likeness (QED) is 0.723. The third-order valence-corrected chi connectivity index (χ3v) is 7.01. The van der Waals surface area contributed by atoms with Crippen LogP contribution in [0.5, 0.6) is 11.5 Å². The Kier molecular flexibility index (Phi) is 6.75. The van der Waals surface area contributed by atoms with Crippen molar-refractivity contribution in [1.82, 2.24) is 9.62 Å². The molecule has 0 amide bonds. The largest absolute Gasteiger partial charge is 0.493 e. The monoisotopic (exact) mass is 410 g/mol. The molecular formula is C19H26N2O4S2. The van der Waals surface area contributed by atoms with E-state index in [-0.39, 0.29) is 10.9 Å². The lowest BCUT2D eigenvalue weighted by Gasteiger charge is -2.34. The second-order valence-corrected chi connectivity index (χ2v) is 9.08. The highest BCUT2D eigenvalue weighted by atomic mass is 32.2. The Labute approximate surface area is 165 Å². The smallest absolute Gasteiger partial charge is 0.240 e. The number of hydrogen-bond donors (Lipinski definition) is 1. The number of hydrogen-bond acceptors (Lipinski definition) is 6. The van der Waals surface area contributed by atoms with Crippen LogP contribution in [0.2, 0.25) is 0 Å². The molecule has 148 valence electrons. The molecule has 27 heavy (non-hydrogen) atoms. The highest BCUT2D eigenvalue weighted by Crippen LogP contribution is 2.30. The van der Waals surface area contributed by atoms with Crippen LogP contribution in [0.3, 0.4) is 0 Å². The van der Waals surface area contributed by atoms with Gasteiger partial charge in [-0.1, -0.05) is 6.42 Å². The van der Waals surface area contributed by atoms with Gasteiger partial charge in [-0.25, -0.2) is 13.1 Å². The summed E-state index contributed by atoms with van der Waals surface area (Å²) in [6.07, 6.45) is 3.55. The molecule has 1 aromatic carbocycles. The van der Waals surface area contributed by atoms with Gasteiger partial charge in [-0.15, -0.1) is 0 Å². The van der Waals surface area contributed by atoms with Gasteiger partial charge < -0.3 is 9.47 Å². The van der Waals surface area contributed by atoms with Gasteiger partial charge in [0.1, 0.15) is 0 Å². The standard InChI is InChI=1S/C19H26N2O4S2/c1-24-18-7-6-16(12-19(18)25-2)27(22,23)20-13-17(15-8-11-26-14-15)21-9-4-3-5-10-21/h6-8,11-12,14,17,20H,3-5,9-10,13H2,1-2H3. The summed E-state index contributed by atoms with van der Waals surface area (Å²) >= 11 is 1.64. The van der Waals surface area contributed by atoms with Crippen LogP contribution in [0.15, 0.2) is 39.9 Å². The lowest BCUT2D eigenvalue weighted by molar-refractivity contribution is 0.165. The number of nitrogens with one attached hydrogen (secondary N) is 1. The molecule has 8 heteroatoms. The van der Waals surface area contributed by atoms with E-state index in [2.05, 4.69) is 21.1 Å². The molecule has 1 N–H and O–H groups in total. The fourth-order valence-corrected chi connectivity index (χ4v) is 5.17. The topological polar surface area (TPSA) is 67.9 Å². The Hall–Kier alpha value is -1.61. The molecule has 1 unspecified atom stereocenters. The molecule has 2 aromatic rings. The Bertz CT molecular complexity index is 831. The van der Waals surface area contributed by atoms with Crippen LogP contribution in [-0.2, 0) is 10.0 Å². The minimum atomic E-state index is -3.65. The molecule has 0 bridgehead atoms. The van der Waals surface area contributed by atoms with E-state index in [4.69, 9.17) is 9.47 Å². The van der Waals surface area contributed by atoms with E-state index in [9.17, 15) is 8.42 Å². The number of thiophene rings is 1. The molecule has 3 rings (SSSR count). The van der Waals surface area contributed by atoms with Crippen molar-refractivity contribution >= 4 is 21.4 Å². The average Bonchev–Trinajstić information content (AvgIpc) is 3.22. The number of rotatable bonds is 8. The van der Waals surface area contributed by atoms with E-state index in [1.807, 2.05) is 5.38 Å². The predicted octanol–water partition coefficient (Wildman–Crippen LogP) is 3.27. The molecule has 2 heterocycles. The summed E-state index contributed by atoms with van der Waals surface area (Å²) in [6, 6.07) is 6.75. The molecule has 1 atom stereocenters. The van der Waals surface area contributed by atoms with E-state index < -0.39 is 10.0 Å². The first-order valence-corrected chi connectivity index (χ1v) is 11.5. The Balaban J connectivity index is 1.77. The highest BCUT2D eigenvalue weighted by Gasteiger charge is 2.25. The molecule has 6 nitrogen and oxygen atoms in total. The van der Waals surface area contributed by atoms with Crippen LogP contribution in [0.4, 0.5) is 0 Å². The number of sulfonamides is 1. The SMILES string of the molecule is COc1ccc(S(=O)(=O)NCC(c2ccsc2)N2CCCCC2)cc1OC. The molecule has 1 fully saturated rings. The van der Waals surface area contributed by atoms with Crippen molar-refractivity contribution in [1.29, 1.82) is 0 Å². The van der Waals surface area contributed by atoms with Gasteiger partial charge in [0.05, 0.1) is 19.1 Å². The third kappa shape index (κ3) is 4.82. The Morgan fingerprint density at radius 2 is 1.85 bits per heavy atom. The van der Waals surface area contributed by atoms with Gasteiger partial charge in [0, 0.05) is 18.7 Å². The zero-order valence-corrected chi connectivity index (χ0v) is 17.3. The fourth-order valence-electron chi connectivity index (χ4n) is 3.41. The number of methoxy groups -OCH3 is 2. The first kappa shape index (κ1) is 20.1. The first-order chi connectivity index (χ1) is 13.0. The summed E-state index contributed by atoms with van der Waals surface area (Å²) in [7, 11) is -0.639. The van der Waals surface area contributed by atoms with Crippen LogP contribution >= 0.6 is 11.3 Å². The maximum atomic E-state index is 12.8. The lowest BCUT2D eigenvalue weighted by Crippen LogP contribution is -2.40. The molecule has 0 spiro atoms. The van der Waals surface area contributed by atoms with Gasteiger partial charge in [0.15, 0.2) is 11.5 Å². The van der Waals surface area contributed by atoms with Crippen molar-refractivity contribution in [2.24, 2.45) is 0 Å². The highest BCUT2D eigenvalue weighted by molar-refractivity contribution is 7.89. The summed E-state index contributed by atoms with van der Waals surface area (Å²) in [5.74, 6) is 0.895. The van der Waals surface area contributed by atoms with Gasteiger partial charge in [-0.05, 0) is 60.5 Å². The Morgan fingerprint density at radius 1 is 1.11 bits per heavy atom. The molecule has 1 aliphatic rings. The average molecular weight is 411 g/mol. The summed E-state index contributed by atoms with van der Waals surface area (Å²) in [5.41, 5.74) is 1.16.